The number of carbonyl (C=O) groups excluding carboxylic acids is 1. The van der Waals surface area contributed by atoms with E-state index in [9.17, 15) is 9.18 Å². The Morgan fingerprint density at radius 1 is 1.53 bits per heavy atom. The highest BCUT2D eigenvalue weighted by Gasteiger charge is 2.27. The normalized spacial score (nSPS) is 23.0. The predicted octanol–water partition coefficient (Wildman–Crippen LogP) is 2.09. The molecule has 1 aromatic carbocycles. The number of carbonyl (C=O) groups is 1. The van der Waals surface area contributed by atoms with Crippen LogP contribution in [-0.4, -0.2) is 23.7 Å². The minimum absolute atomic E-state index is 0.0491. The molecule has 2 rings (SSSR count). The van der Waals surface area contributed by atoms with Gasteiger partial charge in [0.25, 0.3) is 5.91 Å². The molecule has 1 aromatic rings. The van der Waals surface area contributed by atoms with Crippen molar-refractivity contribution in [2.24, 2.45) is 5.92 Å². The lowest BCUT2D eigenvalue weighted by atomic mass is 9.82. The summed E-state index contributed by atoms with van der Waals surface area (Å²) in [6.45, 7) is 0.491. The smallest absolute Gasteiger partial charge is 0.254 e. The predicted molar refractivity (Wildman–Crippen MR) is 65.2 cm³/mol. The molecular weight excluding hydrogens is 289 g/mol. The molecule has 0 atom stereocenters. The standard InChI is InChI=1S/C12H13BrFNO2/c13-8-1-2-10(11(14)5-8)12(17)15-6-7-3-9(16)4-7/h1-2,5,7,9,16H,3-4,6H2,(H,15,17). The fraction of sp³-hybridized carbons (Fsp3) is 0.417. The van der Waals surface area contributed by atoms with Gasteiger partial charge in [0.2, 0.25) is 0 Å². The molecule has 1 amide bonds. The van der Waals surface area contributed by atoms with Gasteiger partial charge < -0.3 is 10.4 Å². The molecule has 0 aromatic heterocycles. The minimum atomic E-state index is -0.537. The second kappa shape index (κ2) is 5.14. The zero-order valence-corrected chi connectivity index (χ0v) is 10.7. The van der Waals surface area contributed by atoms with Crippen LogP contribution in [0.5, 0.6) is 0 Å². The Morgan fingerprint density at radius 2 is 2.24 bits per heavy atom. The third-order valence-corrected chi connectivity index (χ3v) is 3.43. The van der Waals surface area contributed by atoms with Gasteiger partial charge in [0.1, 0.15) is 5.82 Å². The second-order valence-electron chi connectivity index (χ2n) is 4.33. The number of amides is 1. The van der Waals surface area contributed by atoms with Gasteiger partial charge >= 0.3 is 0 Å². The average Bonchev–Trinajstić information content (AvgIpc) is 2.22. The van der Waals surface area contributed by atoms with Gasteiger partial charge in [-0.3, -0.25) is 4.79 Å². The van der Waals surface area contributed by atoms with Crippen molar-refractivity contribution in [3.8, 4) is 0 Å². The van der Waals surface area contributed by atoms with Crippen molar-refractivity contribution >= 4 is 21.8 Å². The minimum Gasteiger partial charge on any atom is -0.393 e. The van der Waals surface area contributed by atoms with Crippen molar-refractivity contribution in [1.82, 2.24) is 5.32 Å². The molecule has 3 nitrogen and oxygen atoms in total. The van der Waals surface area contributed by atoms with E-state index in [0.29, 0.717) is 29.8 Å². The Kier molecular flexibility index (Phi) is 3.79. The quantitative estimate of drug-likeness (QED) is 0.898. The maximum absolute atomic E-state index is 13.5. The van der Waals surface area contributed by atoms with E-state index >= 15 is 0 Å². The molecule has 2 N–H and O–H groups in total. The summed E-state index contributed by atoms with van der Waals surface area (Å²) in [7, 11) is 0. The van der Waals surface area contributed by atoms with E-state index in [1.54, 1.807) is 6.07 Å². The monoisotopic (exact) mass is 301 g/mol. The Hall–Kier alpha value is -0.940. The van der Waals surface area contributed by atoms with E-state index in [1.165, 1.54) is 12.1 Å². The molecule has 0 bridgehead atoms. The zero-order valence-electron chi connectivity index (χ0n) is 9.12. The van der Waals surface area contributed by atoms with Crippen molar-refractivity contribution < 1.29 is 14.3 Å². The summed E-state index contributed by atoms with van der Waals surface area (Å²) < 4.78 is 14.1. The zero-order chi connectivity index (χ0) is 12.4. The lowest BCUT2D eigenvalue weighted by molar-refractivity contribution is 0.0420. The lowest BCUT2D eigenvalue weighted by Gasteiger charge is -2.31. The van der Waals surface area contributed by atoms with E-state index in [0.717, 1.165) is 0 Å². The van der Waals surface area contributed by atoms with Gasteiger partial charge in [0, 0.05) is 11.0 Å². The average molecular weight is 302 g/mol. The van der Waals surface area contributed by atoms with Crippen molar-refractivity contribution in [3.05, 3.63) is 34.1 Å². The first kappa shape index (κ1) is 12.5. The number of halogens is 2. The summed E-state index contributed by atoms with van der Waals surface area (Å²) in [6, 6.07) is 4.34. The number of aliphatic hydroxyl groups excluding tert-OH is 1. The number of hydrogen-bond acceptors (Lipinski definition) is 2. The number of nitrogens with one attached hydrogen (secondary N) is 1. The largest absolute Gasteiger partial charge is 0.393 e. The Labute approximate surface area is 107 Å². The molecule has 0 heterocycles. The van der Waals surface area contributed by atoms with Crippen LogP contribution in [0.1, 0.15) is 23.2 Å². The highest BCUT2D eigenvalue weighted by atomic mass is 79.9. The van der Waals surface area contributed by atoms with Gasteiger partial charge in [-0.1, -0.05) is 15.9 Å². The van der Waals surface area contributed by atoms with Crippen LogP contribution in [0.4, 0.5) is 4.39 Å². The Balaban J connectivity index is 1.91. The van der Waals surface area contributed by atoms with Crippen LogP contribution in [0.2, 0.25) is 0 Å². The summed E-state index contributed by atoms with van der Waals surface area (Å²) >= 11 is 3.14. The van der Waals surface area contributed by atoms with Gasteiger partial charge in [-0.2, -0.15) is 0 Å². The SMILES string of the molecule is O=C(NCC1CC(O)C1)c1ccc(Br)cc1F. The van der Waals surface area contributed by atoms with Crippen molar-refractivity contribution in [2.45, 2.75) is 18.9 Å². The van der Waals surface area contributed by atoms with E-state index in [-0.39, 0.29) is 11.7 Å². The number of hydrogen-bond donors (Lipinski definition) is 2. The topological polar surface area (TPSA) is 49.3 Å². The third kappa shape index (κ3) is 3.04. The molecule has 1 fully saturated rings. The van der Waals surface area contributed by atoms with E-state index in [1.807, 2.05) is 0 Å². The molecule has 0 unspecified atom stereocenters. The fourth-order valence-electron chi connectivity index (χ4n) is 1.87. The Bertz CT molecular complexity index is 433. The highest BCUT2D eigenvalue weighted by molar-refractivity contribution is 9.10. The molecule has 0 spiro atoms. The van der Waals surface area contributed by atoms with Gasteiger partial charge in [-0.25, -0.2) is 4.39 Å². The number of rotatable bonds is 3. The number of benzene rings is 1. The molecule has 5 heteroatoms. The van der Waals surface area contributed by atoms with Crippen LogP contribution in [0.25, 0.3) is 0 Å². The molecule has 92 valence electrons. The molecule has 0 saturated heterocycles. The maximum atomic E-state index is 13.5. The van der Waals surface area contributed by atoms with Crippen LogP contribution in [0.15, 0.2) is 22.7 Å². The summed E-state index contributed by atoms with van der Waals surface area (Å²) in [5.74, 6) is -0.630. The van der Waals surface area contributed by atoms with Crippen LogP contribution in [0.3, 0.4) is 0 Å². The van der Waals surface area contributed by atoms with Gasteiger partial charge in [0.15, 0.2) is 0 Å². The van der Waals surface area contributed by atoms with Gasteiger partial charge in [-0.05, 0) is 37.0 Å². The molecule has 1 aliphatic rings. The first-order valence-electron chi connectivity index (χ1n) is 5.47. The van der Waals surface area contributed by atoms with E-state index in [4.69, 9.17) is 5.11 Å². The van der Waals surface area contributed by atoms with Gasteiger partial charge in [0.05, 0.1) is 11.7 Å². The van der Waals surface area contributed by atoms with Crippen LogP contribution < -0.4 is 5.32 Å². The van der Waals surface area contributed by atoms with Gasteiger partial charge in [-0.15, -0.1) is 0 Å². The molecule has 1 aliphatic carbocycles. The van der Waals surface area contributed by atoms with E-state index in [2.05, 4.69) is 21.2 Å². The van der Waals surface area contributed by atoms with E-state index < -0.39 is 11.7 Å². The maximum Gasteiger partial charge on any atom is 0.254 e. The summed E-state index contributed by atoms with van der Waals surface area (Å²) in [4.78, 5) is 11.7. The number of aliphatic hydroxyl groups is 1. The van der Waals surface area contributed by atoms with Crippen molar-refractivity contribution in [3.63, 3.8) is 0 Å². The summed E-state index contributed by atoms with van der Waals surface area (Å²) in [6.07, 6.45) is 1.19. The molecule has 1 saturated carbocycles. The molecular formula is C12H13BrFNO2. The van der Waals surface area contributed by atoms with Crippen LogP contribution in [0, 0.1) is 11.7 Å². The highest BCUT2D eigenvalue weighted by Crippen LogP contribution is 2.26. The van der Waals surface area contributed by atoms with Crippen LogP contribution >= 0.6 is 15.9 Å². The Morgan fingerprint density at radius 3 is 2.82 bits per heavy atom. The third-order valence-electron chi connectivity index (χ3n) is 2.94. The molecule has 0 radical (unpaired) electrons. The fourth-order valence-corrected chi connectivity index (χ4v) is 2.21. The van der Waals surface area contributed by atoms with Crippen LogP contribution in [-0.2, 0) is 0 Å². The molecule has 0 aliphatic heterocycles. The second-order valence-corrected chi connectivity index (χ2v) is 5.24. The first-order chi connectivity index (χ1) is 8.06. The van der Waals surface area contributed by atoms with Crippen molar-refractivity contribution in [1.29, 1.82) is 0 Å². The summed E-state index contributed by atoms with van der Waals surface area (Å²) in [5, 5.41) is 11.8. The lowest BCUT2D eigenvalue weighted by Crippen LogP contribution is -2.38. The first-order valence-corrected chi connectivity index (χ1v) is 6.27. The summed E-state index contributed by atoms with van der Waals surface area (Å²) in [5.41, 5.74) is 0.0491. The molecule has 17 heavy (non-hydrogen) atoms. The van der Waals surface area contributed by atoms with Crippen molar-refractivity contribution in [2.75, 3.05) is 6.54 Å².